The fourth-order valence-corrected chi connectivity index (χ4v) is 1.50. The zero-order valence-corrected chi connectivity index (χ0v) is 9.17. The molecule has 0 aromatic heterocycles. The van der Waals surface area contributed by atoms with Gasteiger partial charge in [-0.15, -0.1) is 6.58 Å². The summed E-state index contributed by atoms with van der Waals surface area (Å²) in [7, 11) is 0. The lowest BCUT2D eigenvalue weighted by atomic mass is 10.0. The predicted molar refractivity (Wildman–Crippen MR) is 62.1 cm³/mol. The van der Waals surface area contributed by atoms with E-state index in [1.807, 2.05) is 13.0 Å². The van der Waals surface area contributed by atoms with Gasteiger partial charge in [-0.2, -0.15) is 0 Å². The van der Waals surface area contributed by atoms with E-state index >= 15 is 0 Å². The largest absolute Gasteiger partial charge is 0.327 e. The molecule has 1 aromatic rings. The normalized spacial score (nSPS) is 12.5. The number of hydrogen-bond donors (Lipinski definition) is 1. The molecule has 0 heterocycles. The Hall–Kier alpha value is -1.15. The van der Waals surface area contributed by atoms with E-state index in [-0.39, 0.29) is 11.9 Å². The van der Waals surface area contributed by atoms with Crippen molar-refractivity contribution in [2.75, 3.05) is 0 Å². The third-order valence-corrected chi connectivity index (χ3v) is 2.33. The van der Waals surface area contributed by atoms with Crippen molar-refractivity contribution in [2.45, 2.75) is 32.2 Å². The van der Waals surface area contributed by atoms with Crippen LogP contribution in [-0.2, 0) is 6.42 Å². The van der Waals surface area contributed by atoms with Crippen LogP contribution in [0.4, 0.5) is 4.39 Å². The predicted octanol–water partition coefficient (Wildman–Crippen LogP) is 3.05. The average molecular weight is 207 g/mol. The van der Waals surface area contributed by atoms with Gasteiger partial charge in [0.2, 0.25) is 0 Å². The first-order valence-corrected chi connectivity index (χ1v) is 5.22. The molecule has 2 heteroatoms. The minimum Gasteiger partial charge on any atom is -0.327 e. The second kappa shape index (κ2) is 5.66. The molecule has 82 valence electrons. The lowest BCUT2D eigenvalue weighted by Gasteiger charge is -2.11. The van der Waals surface area contributed by atoms with Crippen molar-refractivity contribution in [3.8, 4) is 0 Å². The van der Waals surface area contributed by atoms with Gasteiger partial charge in [-0.1, -0.05) is 17.7 Å². The Kier molecular flexibility index (Phi) is 4.50. The van der Waals surface area contributed by atoms with Crippen molar-refractivity contribution in [3.05, 3.63) is 47.8 Å². The molecule has 0 aliphatic carbocycles. The first-order chi connectivity index (χ1) is 7.08. The molecule has 1 nitrogen and oxygen atoms in total. The summed E-state index contributed by atoms with van der Waals surface area (Å²) in [4.78, 5) is 0. The van der Waals surface area contributed by atoms with Crippen LogP contribution in [0, 0.1) is 5.82 Å². The average Bonchev–Trinajstić information content (AvgIpc) is 2.15. The molecule has 0 radical (unpaired) electrons. The van der Waals surface area contributed by atoms with Crippen LogP contribution in [0.15, 0.2) is 36.4 Å². The molecule has 0 saturated carbocycles. The second-order valence-corrected chi connectivity index (χ2v) is 4.09. The van der Waals surface area contributed by atoms with Gasteiger partial charge in [0.15, 0.2) is 0 Å². The van der Waals surface area contributed by atoms with Crippen LogP contribution in [0.25, 0.3) is 0 Å². The quantitative estimate of drug-likeness (QED) is 0.738. The molecule has 1 aromatic carbocycles. The smallest absolute Gasteiger partial charge is 0.123 e. The summed E-state index contributed by atoms with van der Waals surface area (Å²) < 4.78 is 12.9. The highest BCUT2D eigenvalue weighted by Crippen LogP contribution is 2.10. The first-order valence-electron chi connectivity index (χ1n) is 5.22. The van der Waals surface area contributed by atoms with E-state index in [4.69, 9.17) is 5.73 Å². The number of halogens is 1. The van der Waals surface area contributed by atoms with E-state index in [9.17, 15) is 4.39 Å². The van der Waals surface area contributed by atoms with Gasteiger partial charge in [-0.25, -0.2) is 4.39 Å². The highest BCUT2D eigenvalue weighted by atomic mass is 19.1. The lowest BCUT2D eigenvalue weighted by Crippen LogP contribution is -2.22. The van der Waals surface area contributed by atoms with Crippen LogP contribution >= 0.6 is 0 Å². The van der Waals surface area contributed by atoms with Gasteiger partial charge >= 0.3 is 0 Å². The monoisotopic (exact) mass is 207 g/mol. The Morgan fingerprint density at radius 1 is 1.53 bits per heavy atom. The van der Waals surface area contributed by atoms with Gasteiger partial charge in [0.1, 0.15) is 5.82 Å². The van der Waals surface area contributed by atoms with E-state index in [2.05, 4.69) is 6.58 Å². The van der Waals surface area contributed by atoms with Crippen molar-refractivity contribution in [1.29, 1.82) is 0 Å². The molecule has 0 aliphatic rings. The SMILES string of the molecule is C=C(C)CCC(N)Cc1cccc(F)c1. The van der Waals surface area contributed by atoms with Gasteiger partial charge in [-0.05, 0) is 43.9 Å². The van der Waals surface area contributed by atoms with E-state index < -0.39 is 0 Å². The lowest BCUT2D eigenvalue weighted by molar-refractivity contribution is 0.598. The highest BCUT2D eigenvalue weighted by molar-refractivity contribution is 5.17. The molecule has 15 heavy (non-hydrogen) atoms. The van der Waals surface area contributed by atoms with Crippen LogP contribution < -0.4 is 5.73 Å². The van der Waals surface area contributed by atoms with Crippen molar-refractivity contribution in [1.82, 2.24) is 0 Å². The summed E-state index contributed by atoms with van der Waals surface area (Å²) in [6.07, 6.45) is 2.58. The molecule has 0 aliphatic heterocycles. The molecular formula is C13H18FN. The fraction of sp³-hybridized carbons (Fsp3) is 0.385. The Balaban J connectivity index is 2.44. The number of hydrogen-bond acceptors (Lipinski definition) is 1. The van der Waals surface area contributed by atoms with Crippen LogP contribution in [0.5, 0.6) is 0 Å². The van der Waals surface area contributed by atoms with Crippen molar-refractivity contribution >= 4 is 0 Å². The first kappa shape index (κ1) is 11.9. The molecule has 0 saturated heterocycles. The van der Waals surface area contributed by atoms with Gasteiger partial charge in [-0.3, -0.25) is 0 Å². The number of nitrogens with two attached hydrogens (primary N) is 1. The zero-order chi connectivity index (χ0) is 11.3. The van der Waals surface area contributed by atoms with Gasteiger partial charge in [0, 0.05) is 6.04 Å². The Labute approximate surface area is 90.8 Å². The van der Waals surface area contributed by atoms with Crippen LogP contribution in [0.2, 0.25) is 0 Å². The molecule has 1 atom stereocenters. The van der Waals surface area contributed by atoms with Crippen LogP contribution in [-0.4, -0.2) is 6.04 Å². The third-order valence-electron chi connectivity index (χ3n) is 2.33. The molecule has 0 bridgehead atoms. The maximum absolute atomic E-state index is 12.9. The Bertz CT molecular complexity index is 333. The Morgan fingerprint density at radius 2 is 2.27 bits per heavy atom. The second-order valence-electron chi connectivity index (χ2n) is 4.09. The maximum Gasteiger partial charge on any atom is 0.123 e. The summed E-state index contributed by atoms with van der Waals surface area (Å²) in [5, 5.41) is 0. The number of allylic oxidation sites excluding steroid dienone is 1. The van der Waals surface area contributed by atoms with E-state index in [1.165, 1.54) is 6.07 Å². The minimum absolute atomic E-state index is 0.0866. The van der Waals surface area contributed by atoms with Crippen LogP contribution in [0.1, 0.15) is 25.3 Å². The van der Waals surface area contributed by atoms with Gasteiger partial charge < -0.3 is 5.73 Å². The van der Waals surface area contributed by atoms with E-state index in [0.717, 1.165) is 30.4 Å². The summed E-state index contributed by atoms with van der Waals surface area (Å²) in [5.41, 5.74) is 8.05. The molecular weight excluding hydrogens is 189 g/mol. The molecule has 0 spiro atoms. The van der Waals surface area contributed by atoms with Crippen molar-refractivity contribution in [2.24, 2.45) is 5.73 Å². The van der Waals surface area contributed by atoms with E-state index in [1.54, 1.807) is 12.1 Å². The molecule has 1 rings (SSSR count). The molecule has 0 fully saturated rings. The Morgan fingerprint density at radius 3 is 2.87 bits per heavy atom. The molecule has 1 unspecified atom stereocenters. The van der Waals surface area contributed by atoms with Gasteiger partial charge in [0.05, 0.1) is 0 Å². The number of rotatable bonds is 5. The van der Waals surface area contributed by atoms with Crippen molar-refractivity contribution < 1.29 is 4.39 Å². The standard InChI is InChI=1S/C13H18FN/c1-10(2)6-7-13(15)9-11-4-3-5-12(14)8-11/h3-5,8,13H,1,6-7,9,15H2,2H3. The van der Waals surface area contributed by atoms with Crippen molar-refractivity contribution in [3.63, 3.8) is 0 Å². The van der Waals surface area contributed by atoms with E-state index in [0.29, 0.717) is 0 Å². The molecule has 0 amide bonds. The highest BCUT2D eigenvalue weighted by Gasteiger charge is 2.04. The summed E-state index contributed by atoms with van der Waals surface area (Å²) in [6.45, 7) is 5.83. The zero-order valence-electron chi connectivity index (χ0n) is 9.17. The minimum atomic E-state index is -0.195. The fourth-order valence-electron chi connectivity index (χ4n) is 1.50. The summed E-state index contributed by atoms with van der Waals surface area (Å²) >= 11 is 0. The summed E-state index contributed by atoms with van der Waals surface area (Å²) in [6, 6.07) is 6.70. The number of benzene rings is 1. The van der Waals surface area contributed by atoms with Crippen LogP contribution in [0.3, 0.4) is 0 Å². The van der Waals surface area contributed by atoms with Gasteiger partial charge in [0.25, 0.3) is 0 Å². The summed E-state index contributed by atoms with van der Waals surface area (Å²) in [5.74, 6) is -0.195. The topological polar surface area (TPSA) is 26.0 Å². The molecule has 2 N–H and O–H groups in total. The third kappa shape index (κ3) is 4.75. The maximum atomic E-state index is 12.9.